The molecule has 0 aromatic heterocycles. The molecule has 2 unspecified atom stereocenters. The van der Waals surface area contributed by atoms with Crippen LogP contribution in [0.15, 0.2) is 29.3 Å². The first-order chi connectivity index (χ1) is 10.2. The van der Waals surface area contributed by atoms with Crippen LogP contribution in [0.5, 0.6) is 0 Å². The summed E-state index contributed by atoms with van der Waals surface area (Å²) >= 11 is 6.14. The van der Waals surface area contributed by atoms with Crippen molar-refractivity contribution >= 4 is 17.6 Å². The molecular weight excluding hydrogens is 286 g/mol. The molecule has 1 aliphatic rings. The number of nitrogens with one attached hydrogen (secondary N) is 2. The zero-order valence-electron chi connectivity index (χ0n) is 12.5. The van der Waals surface area contributed by atoms with Crippen molar-refractivity contribution < 1.29 is 5.11 Å². The average Bonchev–Trinajstić information content (AvgIpc) is 2.89. The van der Waals surface area contributed by atoms with Crippen LogP contribution in [0.25, 0.3) is 0 Å². The minimum atomic E-state index is -0.177. The first kappa shape index (κ1) is 16.1. The number of aliphatic hydroxyl groups is 1. The largest absolute Gasteiger partial charge is 0.393 e. The van der Waals surface area contributed by atoms with Gasteiger partial charge in [-0.15, -0.1) is 0 Å². The smallest absolute Gasteiger partial charge is 0.191 e. The summed E-state index contributed by atoms with van der Waals surface area (Å²) in [6.45, 7) is 4.15. The number of guanidine groups is 1. The summed E-state index contributed by atoms with van der Waals surface area (Å²) in [6, 6.07) is 7.74. The van der Waals surface area contributed by atoms with Gasteiger partial charge in [0.15, 0.2) is 5.96 Å². The summed E-state index contributed by atoms with van der Waals surface area (Å²) in [5.41, 5.74) is 1.01. The molecule has 2 atom stereocenters. The van der Waals surface area contributed by atoms with Crippen molar-refractivity contribution in [2.75, 3.05) is 13.1 Å². The van der Waals surface area contributed by atoms with Crippen LogP contribution >= 0.6 is 11.6 Å². The van der Waals surface area contributed by atoms with Gasteiger partial charge in [-0.05, 0) is 31.4 Å². The Morgan fingerprint density at radius 3 is 2.81 bits per heavy atom. The maximum atomic E-state index is 9.86. The highest BCUT2D eigenvalue weighted by Gasteiger charge is 2.24. The highest BCUT2D eigenvalue weighted by molar-refractivity contribution is 6.31. The van der Waals surface area contributed by atoms with Crippen molar-refractivity contribution in [3.8, 4) is 0 Å². The number of benzene rings is 1. The second-order valence-corrected chi connectivity index (χ2v) is 5.83. The molecule has 21 heavy (non-hydrogen) atoms. The van der Waals surface area contributed by atoms with Crippen molar-refractivity contribution in [1.82, 2.24) is 10.6 Å². The number of rotatable bonds is 5. The summed E-state index contributed by atoms with van der Waals surface area (Å²) in [4.78, 5) is 4.56. The standard InChI is InChI=1S/C16H24ClN3O/c1-2-18-16(20-11-13-7-5-9-15(13)21)19-10-12-6-3-4-8-14(12)17/h3-4,6,8,13,15,21H,2,5,7,9-11H2,1H3,(H2,18,19,20). The molecule has 0 radical (unpaired) electrons. The third-order valence-corrected chi connectivity index (χ3v) is 4.23. The zero-order chi connectivity index (χ0) is 15.1. The van der Waals surface area contributed by atoms with Crippen molar-refractivity contribution in [1.29, 1.82) is 0 Å². The molecule has 1 aromatic rings. The lowest BCUT2D eigenvalue weighted by Gasteiger charge is -2.17. The van der Waals surface area contributed by atoms with E-state index in [-0.39, 0.29) is 6.10 Å². The van der Waals surface area contributed by atoms with E-state index < -0.39 is 0 Å². The monoisotopic (exact) mass is 309 g/mol. The topological polar surface area (TPSA) is 56.7 Å². The Bertz CT molecular complexity index is 478. The van der Waals surface area contributed by atoms with Gasteiger partial charge < -0.3 is 15.7 Å². The first-order valence-corrected chi connectivity index (χ1v) is 8.02. The van der Waals surface area contributed by atoms with E-state index in [0.717, 1.165) is 48.9 Å². The second-order valence-electron chi connectivity index (χ2n) is 5.43. The van der Waals surface area contributed by atoms with Crippen LogP contribution in [0.4, 0.5) is 0 Å². The van der Waals surface area contributed by atoms with Crippen LogP contribution in [0.3, 0.4) is 0 Å². The molecule has 0 amide bonds. The molecule has 2 rings (SSSR count). The van der Waals surface area contributed by atoms with Crippen LogP contribution < -0.4 is 10.6 Å². The molecule has 0 bridgehead atoms. The lowest BCUT2D eigenvalue weighted by atomic mass is 10.1. The zero-order valence-corrected chi connectivity index (χ0v) is 13.2. The van der Waals surface area contributed by atoms with E-state index in [1.165, 1.54) is 0 Å². The van der Waals surface area contributed by atoms with Crippen molar-refractivity contribution in [3.05, 3.63) is 34.9 Å². The van der Waals surface area contributed by atoms with Gasteiger partial charge in [0.2, 0.25) is 0 Å². The molecule has 116 valence electrons. The highest BCUT2D eigenvalue weighted by atomic mass is 35.5. The molecule has 0 heterocycles. The summed E-state index contributed by atoms with van der Waals surface area (Å²) in [7, 11) is 0. The Labute approximate surface area is 131 Å². The van der Waals surface area contributed by atoms with Gasteiger partial charge in [-0.3, -0.25) is 0 Å². The van der Waals surface area contributed by atoms with Crippen molar-refractivity contribution in [3.63, 3.8) is 0 Å². The van der Waals surface area contributed by atoms with E-state index >= 15 is 0 Å². The van der Waals surface area contributed by atoms with E-state index in [4.69, 9.17) is 11.6 Å². The van der Waals surface area contributed by atoms with E-state index in [2.05, 4.69) is 15.6 Å². The molecule has 1 fully saturated rings. The third-order valence-electron chi connectivity index (χ3n) is 3.86. The molecule has 0 saturated heterocycles. The summed E-state index contributed by atoms with van der Waals surface area (Å²) in [5.74, 6) is 1.10. The van der Waals surface area contributed by atoms with E-state index in [1.54, 1.807) is 0 Å². The number of hydrogen-bond acceptors (Lipinski definition) is 2. The van der Waals surface area contributed by atoms with Crippen LogP contribution in [-0.4, -0.2) is 30.3 Å². The molecule has 4 nitrogen and oxygen atoms in total. The SMILES string of the molecule is CCNC(=NCc1ccccc1Cl)NCC1CCCC1O. The number of hydrogen-bond donors (Lipinski definition) is 3. The number of aliphatic hydroxyl groups excluding tert-OH is 1. The summed E-state index contributed by atoms with van der Waals surface area (Å²) in [6.07, 6.45) is 2.93. The Morgan fingerprint density at radius 1 is 1.33 bits per heavy atom. The lowest BCUT2D eigenvalue weighted by Crippen LogP contribution is -2.41. The minimum Gasteiger partial charge on any atom is -0.393 e. The van der Waals surface area contributed by atoms with Crippen molar-refractivity contribution in [2.45, 2.75) is 38.8 Å². The third kappa shape index (κ3) is 4.90. The fourth-order valence-electron chi connectivity index (χ4n) is 2.62. The van der Waals surface area contributed by atoms with Crippen LogP contribution in [0, 0.1) is 5.92 Å². The van der Waals surface area contributed by atoms with Crippen LogP contribution in [-0.2, 0) is 6.54 Å². The maximum absolute atomic E-state index is 9.86. The number of aliphatic imine (C=N–C) groups is 1. The van der Waals surface area contributed by atoms with E-state index in [9.17, 15) is 5.11 Å². The van der Waals surface area contributed by atoms with Crippen molar-refractivity contribution in [2.24, 2.45) is 10.9 Å². The quantitative estimate of drug-likeness (QED) is 0.579. The number of halogens is 1. The molecular formula is C16H24ClN3O. The molecule has 1 aliphatic carbocycles. The van der Waals surface area contributed by atoms with Crippen LogP contribution in [0.2, 0.25) is 5.02 Å². The van der Waals surface area contributed by atoms with Gasteiger partial charge in [0.1, 0.15) is 0 Å². The van der Waals surface area contributed by atoms with Gasteiger partial charge in [-0.1, -0.05) is 36.2 Å². The Morgan fingerprint density at radius 2 is 2.14 bits per heavy atom. The molecule has 1 saturated carbocycles. The fourth-order valence-corrected chi connectivity index (χ4v) is 2.81. The van der Waals surface area contributed by atoms with Gasteiger partial charge >= 0.3 is 0 Å². The fraction of sp³-hybridized carbons (Fsp3) is 0.562. The average molecular weight is 310 g/mol. The van der Waals surface area contributed by atoms with Gasteiger partial charge in [-0.2, -0.15) is 0 Å². The molecule has 0 aliphatic heterocycles. The normalized spacial score (nSPS) is 22.3. The Hall–Kier alpha value is -1.26. The Balaban J connectivity index is 1.91. The predicted molar refractivity (Wildman–Crippen MR) is 87.6 cm³/mol. The van der Waals surface area contributed by atoms with Gasteiger partial charge in [0, 0.05) is 24.0 Å². The molecule has 3 N–H and O–H groups in total. The molecule has 1 aromatic carbocycles. The Kier molecular flexibility index (Phi) is 6.33. The van der Waals surface area contributed by atoms with E-state index in [1.807, 2.05) is 31.2 Å². The first-order valence-electron chi connectivity index (χ1n) is 7.64. The van der Waals surface area contributed by atoms with Gasteiger partial charge in [0.25, 0.3) is 0 Å². The summed E-state index contributed by atoms with van der Waals surface area (Å²) < 4.78 is 0. The van der Waals surface area contributed by atoms with E-state index in [0.29, 0.717) is 12.5 Å². The minimum absolute atomic E-state index is 0.177. The second kappa shape index (κ2) is 8.25. The highest BCUT2D eigenvalue weighted by Crippen LogP contribution is 2.24. The number of nitrogens with zero attached hydrogens (tertiary/aromatic N) is 1. The van der Waals surface area contributed by atoms with Gasteiger partial charge in [-0.25, -0.2) is 4.99 Å². The van der Waals surface area contributed by atoms with Crippen LogP contribution in [0.1, 0.15) is 31.7 Å². The predicted octanol–water partition coefficient (Wildman–Crippen LogP) is 2.56. The summed E-state index contributed by atoms with van der Waals surface area (Å²) in [5, 5.41) is 17.1. The molecule has 5 heteroatoms. The molecule has 0 spiro atoms. The lowest BCUT2D eigenvalue weighted by molar-refractivity contribution is 0.134. The maximum Gasteiger partial charge on any atom is 0.191 e. The van der Waals surface area contributed by atoms with Gasteiger partial charge in [0.05, 0.1) is 12.6 Å².